The fourth-order valence-corrected chi connectivity index (χ4v) is 4.28. The summed E-state index contributed by atoms with van der Waals surface area (Å²) in [5, 5.41) is 0. The first-order chi connectivity index (χ1) is 13.5. The van der Waals surface area contributed by atoms with Gasteiger partial charge in [-0.25, -0.2) is 0 Å². The minimum absolute atomic E-state index is 0.155. The number of Topliss-reactive ketones (excluding diaryl/α,β-unsaturated/α-hetero) is 1. The molecule has 0 aromatic heterocycles. The molecule has 0 aliphatic carbocycles. The quantitative estimate of drug-likeness (QED) is 0.325. The highest BCUT2D eigenvalue weighted by atomic mass is 79.9. The van der Waals surface area contributed by atoms with Gasteiger partial charge in [0.15, 0.2) is 0 Å². The number of hydrogen-bond acceptors (Lipinski definition) is 3. The van der Waals surface area contributed by atoms with Crippen LogP contribution in [0.15, 0.2) is 87.8 Å². The summed E-state index contributed by atoms with van der Waals surface area (Å²) in [5.74, 6) is -0.997. The lowest BCUT2D eigenvalue weighted by Gasteiger charge is -2.33. The predicted molar refractivity (Wildman–Crippen MR) is 114 cm³/mol. The van der Waals surface area contributed by atoms with Crippen molar-refractivity contribution in [2.75, 3.05) is 0 Å². The lowest BCUT2D eigenvalue weighted by atomic mass is 9.73. The average molecular weight is 500 g/mol. The third kappa shape index (κ3) is 3.33. The van der Waals surface area contributed by atoms with Gasteiger partial charge in [-0.05, 0) is 29.8 Å². The second-order valence-electron chi connectivity index (χ2n) is 6.72. The zero-order valence-corrected chi connectivity index (χ0v) is 17.9. The van der Waals surface area contributed by atoms with Gasteiger partial charge >= 0.3 is 5.97 Å². The van der Waals surface area contributed by atoms with Gasteiger partial charge in [-0.2, -0.15) is 0 Å². The van der Waals surface area contributed by atoms with Gasteiger partial charge < -0.3 is 4.74 Å². The van der Waals surface area contributed by atoms with Crippen LogP contribution in [0, 0.1) is 0 Å². The van der Waals surface area contributed by atoms with Crippen LogP contribution >= 0.6 is 31.9 Å². The van der Waals surface area contributed by atoms with Gasteiger partial charge in [-0.15, -0.1) is 0 Å². The summed E-state index contributed by atoms with van der Waals surface area (Å²) < 4.78 is 7.64. The molecule has 0 spiro atoms. The molecule has 1 aliphatic heterocycles. The molecule has 0 saturated carbocycles. The number of rotatable bonds is 4. The normalized spacial score (nSPS) is 21.4. The summed E-state index contributed by atoms with van der Waals surface area (Å²) in [4.78, 5) is 26.3. The van der Waals surface area contributed by atoms with Crippen LogP contribution in [0.3, 0.4) is 0 Å². The molecule has 1 saturated heterocycles. The molecular weight excluding hydrogens is 484 g/mol. The summed E-state index contributed by atoms with van der Waals surface area (Å²) in [6.07, 6.45) is 0.155. The number of ketones is 1. The van der Waals surface area contributed by atoms with Gasteiger partial charge in [-0.3, -0.25) is 9.59 Å². The molecule has 5 heteroatoms. The first-order valence-electron chi connectivity index (χ1n) is 8.84. The summed E-state index contributed by atoms with van der Waals surface area (Å²) >= 11 is 6.84. The molecule has 1 fully saturated rings. The van der Waals surface area contributed by atoms with Gasteiger partial charge in [0.25, 0.3) is 0 Å². The number of cyclic esters (lactones) is 1. The molecule has 4 rings (SSSR count). The second kappa shape index (κ2) is 7.64. The maximum absolute atomic E-state index is 13.8. The van der Waals surface area contributed by atoms with Crippen LogP contribution in [0.2, 0.25) is 0 Å². The van der Waals surface area contributed by atoms with E-state index < -0.39 is 11.5 Å². The molecular formula is C23H16Br2O3. The summed E-state index contributed by atoms with van der Waals surface area (Å²) in [7, 11) is 0. The van der Waals surface area contributed by atoms with E-state index in [9.17, 15) is 9.59 Å². The summed E-state index contributed by atoms with van der Waals surface area (Å²) in [5.41, 5.74) is 0.680. The molecule has 3 aromatic carbocycles. The molecule has 1 heterocycles. The Balaban J connectivity index is 1.92. The first kappa shape index (κ1) is 19.1. The van der Waals surface area contributed by atoms with E-state index in [0.29, 0.717) is 11.1 Å². The standard InChI is InChI=1S/C23H16Br2O3/c24-18-10-6-16(7-11-18)22(27)23(17-8-12-19(25)13-9-17)20(14-21(26)28-23)15-4-2-1-3-5-15/h1-13,20H,14H2/t20-,23+/m0/s1. The topological polar surface area (TPSA) is 43.4 Å². The Morgan fingerprint density at radius 2 is 1.43 bits per heavy atom. The number of carbonyl (C=O) groups is 2. The number of halogens is 2. The molecule has 3 nitrogen and oxygen atoms in total. The molecule has 3 aromatic rings. The van der Waals surface area contributed by atoms with Crippen LogP contribution in [0.5, 0.6) is 0 Å². The number of ether oxygens (including phenoxy) is 1. The van der Waals surface area contributed by atoms with Crippen molar-refractivity contribution in [3.05, 3.63) is 104 Å². The van der Waals surface area contributed by atoms with Crippen LogP contribution in [0.1, 0.15) is 33.8 Å². The highest BCUT2D eigenvalue weighted by molar-refractivity contribution is 9.10. The van der Waals surface area contributed by atoms with E-state index >= 15 is 0 Å². The minimum atomic E-state index is -1.40. The molecule has 2 atom stereocenters. The smallest absolute Gasteiger partial charge is 0.307 e. The van der Waals surface area contributed by atoms with Crippen molar-refractivity contribution in [1.82, 2.24) is 0 Å². The van der Waals surface area contributed by atoms with E-state index in [1.165, 1.54) is 0 Å². The van der Waals surface area contributed by atoms with Crippen LogP contribution in [-0.4, -0.2) is 11.8 Å². The van der Waals surface area contributed by atoms with Crippen LogP contribution in [-0.2, 0) is 15.1 Å². The minimum Gasteiger partial charge on any atom is -0.445 e. The molecule has 1 aliphatic rings. The van der Waals surface area contributed by atoms with E-state index in [0.717, 1.165) is 14.5 Å². The summed E-state index contributed by atoms with van der Waals surface area (Å²) in [6.45, 7) is 0. The van der Waals surface area contributed by atoms with E-state index in [1.54, 1.807) is 12.1 Å². The Bertz CT molecular complexity index is 1010. The SMILES string of the molecule is O=C1C[C@@H](c2ccccc2)[C@@](C(=O)c2ccc(Br)cc2)(c2ccc(Br)cc2)O1. The van der Waals surface area contributed by atoms with Crippen LogP contribution in [0.25, 0.3) is 0 Å². The van der Waals surface area contributed by atoms with Crippen molar-refractivity contribution < 1.29 is 14.3 Å². The zero-order valence-electron chi connectivity index (χ0n) is 14.8. The van der Waals surface area contributed by atoms with Gasteiger partial charge in [0.1, 0.15) is 0 Å². The molecule has 0 radical (unpaired) electrons. The van der Waals surface area contributed by atoms with E-state index in [-0.39, 0.29) is 18.2 Å². The Morgan fingerprint density at radius 1 is 0.857 bits per heavy atom. The molecule has 0 amide bonds. The Labute approximate surface area is 180 Å². The van der Waals surface area contributed by atoms with Gasteiger partial charge in [0, 0.05) is 26.0 Å². The van der Waals surface area contributed by atoms with E-state index in [4.69, 9.17) is 4.74 Å². The number of benzene rings is 3. The first-order valence-corrected chi connectivity index (χ1v) is 10.4. The fraction of sp³-hybridized carbons (Fsp3) is 0.130. The van der Waals surface area contributed by atoms with Crippen molar-refractivity contribution in [3.8, 4) is 0 Å². The van der Waals surface area contributed by atoms with Crippen LogP contribution < -0.4 is 0 Å². The maximum atomic E-state index is 13.8. The molecule has 0 unspecified atom stereocenters. The molecule has 140 valence electrons. The van der Waals surface area contributed by atoms with E-state index in [1.807, 2.05) is 66.7 Å². The van der Waals surface area contributed by atoms with Crippen molar-refractivity contribution >= 4 is 43.6 Å². The lowest BCUT2D eigenvalue weighted by molar-refractivity contribution is -0.146. The molecule has 0 N–H and O–H groups in total. The van der Waals surface area contributed by atoms with Crippen molar-refractivity contribution in [3.63, 3.8) is 0 Å². The second-order valence-corrected chi connectivity index (χ2v) is 8.55. The Kier molecular flexibility index (Phi) is 5.21. The molecule has 28 heavy (non-hydrogen) atoms. The van der Waals surface area contributed by atoms with Crippen molar-refractivity contribution in [2.45, 2.75) is 17.9 Å². The van der Waals surface area contributed by atoms with Gasteiger partial charge in [0.2, 0.25) is 11.4 Å². The maximum Gasteiger partial charge on any atom is 0.307 e. The number of hydrogen-bond donors (Lipinski definition) is 0. The monoisotopic (exact) mass is 498 g/mol. The Morgan fingerprint density at radius 3 is 2.04 bits per heavy atom. The van der Waals surface area contributed by atoms with E-state index in [2.05, 4.69) is 31.9 Å². The molecule has 0 bridgehead atoms. The van der Waals surface area contributed by atoms with Gasteiger partial charge in [-0.1, -0.05) is 86.5 Å². The lowest BCUT2D eigenvalue weighted by Crippen LogP contribution is -2.40. The number of carbonyl (C=O) groups excluding carboxylic acids is 2. The van der Waals surface area contributed by atoms with Crippen molar-refractivity contribution in [2.24, 2.45) is 0 Å². The predicted octanol–water partition coefficient (Wildman–Crippen LogP) is 6.02. The van der Waals surface area contributed by atoms with Crippen LogP contribution in [0.4, 0.5) is 0 Å². The number of esters is 1. The zero-order chi connectivity index (χ0) is 19.7. The fourth-order valence-electron chi connectivity index (χ4n) is 3.75. The Hall–Kier alpha value is -2.24. The third-order valence-corrected chi connectivity index (χ3v) is 6.11. The van der Waals surface area contributed by atoms with Gasteiger partial charge in [0.05, 0.1) is 6.42 Å². The third-order valence-electron chi connectivity index (χ3n) is 5.06. The van der Waals surface area contributed by atoms with Crippen molar-refractivity contribution in [1.29, 1.82) is 0 Å². The largest absolute Gasteiger partial charge is 0.445 e. The highest BCUT2D eigenvalue weighted by Crippen LogP contribution is 2.50. The average Bonchev–Trinajstić information content (AvgIpc) is 3.07. The summed E-state index contributed by atoms with van der Waals surface area (Å²) in [6, 6.07) is 24.2. The highest BCUT2D eigenvalue weighted by Gasteiger charge is 2.56.